The van der Waals surface area contributed by atoms with E-state index in [9.17, 15) is 0 Å². The molecular formula is C11H23N3OS. The SMILES string of the molecule is CCSCCCN1CCCCC1C(N)=NO. The summed E-state index contributed by atoms with van der Waals surface area (Å²) in [7, 11) is 0. The lowest BCUT2D eigenvalue weighted by Gasteiger charge is -2.34. The molecule has 1 atom stereocenters. The summed E-state index contributed by atoms with van der Waals surface area (Å²) in [5.41, 5.74) is 5.72. The van der Waals surface area contributed by atoms with Gasteiger partial charge in [-0.05, 0) is 43.9 Å². The van der Waals surface area contributed by atoms with E-state index in [2.05, 4.69) is 17.0 Å². The minimum absolute atomic E-state index is 0.158. The number of nitrogens with two attached hydrogens (primary N) is 1. The van der Waals surface area contributed by atoms with Gasteiger partial charge in [0.1, 0.15) is 0 Å². The van der Waals surface area contributed by atoms with Crippen molar-refractivity contribution in [2.45, 2.75) is 38.6 Å². The van der Waals surface area contributed by atoms with E-state index in [0.29, 0.717) is 5.84 Å². The third kappa shape index (κ3) is 4.22. The lowest BCUT2D eigenvalue weighted by Crippen LogP contribution is -2.48. The summed E-state index contributed by atoms with van der Waals surface area (Å²) in [5.74, 6) is 2.77. The van der Waals surface area contributed by atoms with Gasteiger partial charge in [-0.2, -0.15) is 11.8 Å². The summed E-state index contributed by atoms with van der Waals surface area (Å²) in [4.78, 5) is 2.36. The van der Waals surface area contributed by atoms with Gasteiger partial charge in [0.15, 0.2) is 5.84 Å². The fourth-order valence-electron chi connectivity index (χ4n) is 2.17. The van der Waals surface area contributed by atoms with Crippen molar-refractivity contribution < 1.29 is 5.21 Å². The van der Waals surface area contributed by atoms with Crippen LogP contribution in [0.15, 0.2) is 5.16 Å². The first kappa shape index (κ1) is 13.6. The molecule has 0 aromatic carbocycles. The number of thioether (sulfide) groups is 1. The molecule has 0 aliphatic carbocycles. The molecule has 5 heteroatoms. The molecular weight excluding hydrogens is 222 g/mol. The van der Waals surface area contributed by atoms with Crippen molar-refractivity contribution in [3.63, 3.8) is 0 Å². The van der Waals surface area contributed by atoms with Crippen LogP contribution in [0.5, 0.6) is 0 Å². The maximum absolute atomic E-state index is 8.75. The van der Waals surface area contributed by atoms with Crippen molar-refractivity contribution in [3.05, 3.63) is 0 Å². The average molecular weight is 245 g/mol. The zero-order valence-electron chi connectivity index (χ0n) is 10.1. The normalized spacial score (nSPS) is 23.6. The molecule has 1 aliphatic rings. The predicted octanol–water partition coefficient (Wildman–Crippen LogP) is 1.73. The van der Waals surface area contributed by atoms with E-state index in [1.807, 2.05) is 11.8 Å². The molecule has 0 bridgehead atoms. The van der Waals surface area contributed by atoms with Crippen molar-refractivity contribution in [2.24, 2.45) is 10.9 Å². The van der Waals surface area contributed by atoms with Gasteiger partial charge >= 0.3 is 0 Å². The van der Waals surface area contributed by atoms with Gasteiger partial charge in [-0.3, -0.25) is 4.90 Å². The molecule has 94 valence electrons. The molecule has 1 rings (SSSR count). The van der Waals surface area contributed by atoms with Crippen molar-refractivity contribution in [2.75, 3.05) is 24.6 Å². The number of likely N-dealkylation sites (tertiary alicyclic amines) is 1. The quantitative estimate of drug-likeness (QED) is 0.246. The Morgan fingerprint density at radius 3 is 3.06 bits per heavy atom. The van der Waals surface area contributed by atoms with Crippen LogP contribution < -0.4 is 5.73 Å². The molecule has 0 spiro atoms. The Morgan fingerprint density at radius 2 is 2.38 bits per heavy atom. The van der Waals surface area contributed by atoms with Crippen LogP contribution in [0, 0.1) is 0 Å². The first-order valence-corrected chi connectivity index (χ1v) is 7.24. The maximum atomic E-state index is 8.75. The zero-order valence-corrected chi connectivity index (χ0v) is 10.9. The van der Waals surface area contributed by atoms with Crippen LogP contribution in [0.25, 0.3) is 0 Å². The first-order chi connectivity index (χ1) is 7.79. The molecule has 1 unspecified atom stereocenters. The zero-order chi connectivity index (χ0) is 11.8. The minimum Gasteiger partial charge on any atom is -0.409 e. The van der Waals surface area contributed by atoms with E-state index in [1.165, 1.54) is 30.8 Å². The molecule has 0 amide bonds. The highest BCUT2D eigenvalue weighted by molar-refractivity contribution is 7.99. The number of hydrogen-bond donors (Lipinski definition) is 2. The Bertz CT molecular complexity index is 223. The lowest BCUT2D eigenvalue weighted by atomic mass is 10.0. The number of rotatable bonds is 6. The fraction of sp³-hybridized carbons (Fsp3) is 0.909. The minimum atomic E-state index is 0.158. The Labute approximate surface area is 102 Å². The van der Waals surface area contributed by atoms with E-state index >= 15 is 0 Å². The van der Waals surface area contributed by atoms with Crippen molar-refractivity contribution >= 4 is 17.6 Å². The number of oxime groups is 1. The molecule has 1 saturated heterocycles. The highest BCUT2D eigenvalue weighted by atomic mass is 32.2. The van der Waals surface area contributed by atoms with Crippen LogP contribution in [0.2, 0.25) is 0 Å². The van der Waals surface area contributed by atoms with Gasteiger partial charge in [-0.25, -0.2) is 0 Å². The standard InChI is InChI=1S/C11H23N3OS/c1-2-16-9-5-8-14-7-4-3-6-10(14)11(12)13-15/h10,15H,2-9H2,1H3,(H2,12,13). The summed E-state index contributed by atoms with van der Waals surface area (Å²) in [5, 5.41) is 11.9. The Kier molecular flexibility index (Phi) is 6.64. The summed E-state index contributed by atoms with van der Waals surface area (Å²) in [6, 6.07) is 0.158. The van der Waals surface area contributed by atoms with E-state index < -0.39 is 0 Å². The van der Waals surface area contributed by atoms with Crippen molar-refractivity contribution in [3.8, 4) is 0 Å². The third-order valence-electron chi connectivity index (χ3n) is 3.01. The van der Waals surface area contributed by atoms with Gasteiger partial charge in [0, 0.05) is 0 Å². The molecule has 3 N–H and O–H groups in total. The lowest BCUT2D eigenvalue weighted by molar-refractivity contribution is 0.187. The second-order valence-corrected chi connectivity index (χ2v) is 5.52. The van der Waals surface area contributed by atoms with Crippen molar-refractivity contribution in [1.29, 1.82) is 0 Å². The van der Waals surface area contributed by atoms with Gasteiger partial charge in [-0.1, -0.05) is 18.5 Å². The number of nitrogens with zero attached hydrogens (tertiary/aromatic N) is 2. The van der Waals surface area contributed by atoms with E-state index in [-0.39, 0.29) is 6.04 Å². The van der Waals surface area contributed by atoms with Crippen molar-refractivity contribution in [1.82, 2.24) is 4.90 Å². The summed E-state index contributed by atoms with van der Waals surface area (Å²) < 4.78 is 0. The van der Waals surface area contributed by atoms with Gasteiger partial charge in [0.05, 0.1) is 6.04 Å². The van der Waals surface area contributed by atoms with Crippen LogP contribution in [-0.4, -0.2) is 46.6 Å². The maximum Gasteiger partial charge on any atom is 0.156 e. The van der Waals surface area contributed by atoms with E-state index in [1.54, 1.807) is 0 Å². The first-order valence-electron chi connectivity index (χ1n) is 6.08. The largest absolute Gasteiger partial charge is 0.409 e. The Morgan fingerprint density at radius 1 is 1.56 bits per heavy atom. The highest BCUT2D eigenvalue weighted by Crippen LogP contribution is 2.17. The van der Waals surface area contributed by atoms with Crippen LogP contribution >= 0.6 is 11.8 Å². The van der Waals surface area contributed by atoms with Crippen LogP contribution in [0.3, 0.4) is 0 Å². The third-order valence-corrected chi connectivity index (χ3v) is 3.99. The molecule has 0 aromatic heterocycles. The van der Waals surface area contributed by atoms with Crippen LogP contribution in [0.4, 0.5) is 0 Å². The molecule has 0 aromatic rings. The Balaban J connectivity index is 2.35. The van der Waals surface area contributed by atoms with Gasteiger partial charge in [0.2, 0.25) is 0 Å². The second kappa shape index (κ2) is 7.79. The van der Waals surface area contributed by atoms with Gasteiger partial charge in [0.25, 0.3) is 0 Å². The molecule has 4 nitrogen and oxygen atoms in total. The van der Waals surface area contributed by atoms with E-state index in [0.717, 1.165) is 19.5 Å². The number of piperidine rings is 1. The van der Waals surface area contributed by atoms with E-state index in [4.69, 9.17) is 10.9 Å². The summed E-state index contributed by atoms with van der Waals surface area (Å²) in [6.45, 7) is 4.33. The predicted molar refractivity (Wildman–Crippen MR) is 70.2 cm³/mol. The smallest absolute Gasteiger partial charge is 0.156 e. The second-order valence-electron chi connectivity index (χ2n) is 4.12. The highest BCUT2D eigenvalue weighted by Gasteiger charge is 2.25. The summed E-state index contributed by atoms with van der Waals surface area (Å²) in [6.07, 6.45) is 4.63. The molecule has 1 fully saturated rings. The molecule has 0 radical (unpaired) electrons. The van der Waals surface area contributed by atoms with Crippen LogP contribution in [0.1, 0.15) is 32.6 Å². The van der Waals surface area contributed by atoms with Gasteiger partial charge in [-0.15, -0.1) is 0 Å². The van der Waals surface area contributed by atoms with Gasteiger partial charge < -0.3 is 10.9 Å². The monoisotopic (exact) mass is 245 g/mol. The Hall–Kier alpha value is -0.420. The number of amidine groups is 1. The van der Waals surface area contributed by atoms with Crippen LogP contribution in [-0.2, 0) is 0 Å². The molecule has 1 heterocycles. The number of hydrogen-bond acceptors (Lipinski definition) is 4. The average Bonchev–Trinajstić information content (AvgIpc) is 2.34. The molecule has 16 heavy (non-hydrogen) atoms. The topological polar surface area (TPSA) is 61.8 Å². The molecule has 0 saturated carbocycles. The fourth-order valence-corrected chi connectivity index (χ4v) is 2.80. The molecule has 1 aliphatic heterocycles. The summed E-state index contributed by atoms with van der Waals surface area (Å²) >= 11 is 1.97.